The van der Waals surface area contributed by atoms with E-state index in [0.717, 1.165) is 0 Å². The van der Waals surface area contributed by atoms with Crippen molar-refractivity contribution in [3.63, 3.8) is 0 Å². The lowest BCUT2D eigenvalue weighted by Crippen LogP contribution is -2.40. The van der Waals surface area contributed by atoms with Gasteiger partial charge in [0.1, 0.15) is 24.4 Å². The van der Waals surface area contributed by atoms with Gasteiger partial charge in [0.15, 0.2) is 6.23 Å². The molecule has 0 bridgehead atoms. The predicted octanol–water partition coefficient (Wildman–Crippen LogP) is -0.448. The van der Waals surface area contributed by atoms with Crippen LogP contribution in [0.5, 0.6) is 0 Å². The summed E-state index contributed by atoms with van der Waals surface area (Å²) in [6.45, 7) is -0.553. The molecule has 1 aromatic carbocycles. The first-order valence-electron chi connectivity index (χ1n) is 5.85. The second-order valence-corrected chi connectivity index (χ2v) is 4.84. The van der Waals surface area contributed by atoms with Crippen LogP contribution in [-0.2, 0) is 4.74 Å². The van der Waals surface area contributed by atoms with Gasteiger partial charge in [0, 0.05) is 10.7 Å². The number of anilines is 1. The summed E-state index contributed by atoms with van der Waals surface area (Å²) in [7, 11) is 0. The number of halogens is 1. The highest BCUT2D eigenvalue weighted by atomic mass is 35.5. The molecule has 1 heterocycles. The van der Waals surface area contributed by atoms with E-state index in [1.165, 1.54) is 0 Å². The molecule has 1 aliphatic rings. The molecule has 2 rings (SSSR count). The number of benzene rings is 1. The van der Waals surface area contributed by atoms with E-state index in [9.17, 15) is 15.3 Å². The van der Waals surface area contributed by atoms with Gasteiger partial charge in [-0.25, -0.2) is 0 Å². The SMILES string of the molecule is OC[C@@H](O)[C@@H]1O[C@@H](Nc2ccc(Cl)cc2)[C@@H](O)[C@@H]1O. The fourth-order valence-corrected chi connectivity index (χ4v) is 2.08. The molecule has 1 fully saturated rings. The van der Waals surface area contributed by atoms with Crippen LogP contribution < -0.4 is 5.32 Å². The Morgan fingerprint density at radius 1 is 1.21 bits per heavy atom. The zero-order valence-electron chi connectivity index (χ0n) is 9.98. The quantitative estimate of drug-likeness (QED) is 0.515. The van der Waals surface area contributed by atoms with Crippen LogP contribution in [-0.4, -0.2) is 57.7 Å². The lowest BCUT2D eigenvalue weighted by atomic mass is 10.1. The van der Waals surface area contributed by atoms with Crippen molar-refractivity contribution >= 4 is 17.3 Å². The van der Waals surface area contributed by atoms with Crippen molar-refractivity contribution < 1.29 is 25.2 Å². The van der Waals surface area contributed by atoms with Gasteiger partial charge in [-0.3, -0.25) is 0 Å². The Labute approximate surface area is 115 Å². The molecule has 0 radical (unpaired) electrons. The van der Waals surface area contributed by atoms with E-state index in [0.29, 0.717) is 10.7 Å². The molecule has 6 nitrogen and oxygen atoms in total. The van der Waals surface area contributed by atoms with E-state index < -0.39 is 37.3 Å². The summed E-state index contributed by atoms with van der Waals surface area (Å²) in [5, 5.41) is 41.3. The minimum Gasteiger partial charge on any atom is -0.394 e. The van der Waals surface area contributed by atoms with E-state index in [2.05, 4.69) is 5.32 Å². The Balaban J connectivity index is 2.03. The van der Waals surface area contributed by atoms with Crippen molar-refractivity contribution in [3.05, 3.63) is 29.3 Å². The summed E-state index contributed by atoms with van der Waals surface area (Å²) in [6, 6.07) is 6.73. The maximum absolute atomic E-state index is 9.83. The topological polar surface area (TPSA) is 102 Å². The Morgan fingerprint density at radius 2 is 1.84 bits per heavy atom. The fourth-order valence-electron chi connectivity index (χ4n) is 1.96. The molecule has 1 aliphatic heterocycles. The average Bonchev–Trinajstić information content (AvgIpc) is 2.69. The zero-order valence-corrected chi connectivity index (χ0v) is 10.7. The minimum absolute atomic E-state index is 0.553. The summed E-state index contributed by atoms with van der Waals surface area (Å²) in [5.74, 6) is 0. The molecule has 0 aromatic heterocycles. The molecule has 0 aliphatic carbocycles. The van der Waals surface area contributed by atoms with Gasteiger partial charge in [0.25, 0.3) is 0 Å². The van der Waals surface area contributed by atoms with E-state index in [1.54, 1.807) is 24.3 Å². The molecule has 0 unspecified atom stereocenters. The van der Waals surface area contributed by atoms with Gasteiger partial charge in [-0.2, -0.15) is 0 Å². The van der Waals surface area contributed by atoms with Crippen molar-refractivity contribution in [1.29, 1.82) is 0 Å². The highest BCUT2D eigenvalue weighted by molar-refractivity contribution is 6.30. The third-order valence-electron chi connectivity index (χ3n) is 3.02. The van der Waals surface area contributed by atoms with Gasteiger partial charge < -0.3 is 30.5 Å². The molecule has 0 amide bonds. The molecule has 19 heavy (non-hydrogen) atoms. The van der Waals surface area contributed by atoms with E-state index >= 15 is 0 Å². The van der Waals surface area contributed by atoms with Crippen LogP contribution in [0.15, 0.2) is 24.3 Å². The van der Waals surface area contributed by atoms with Gasteiger partial charge in [0.2, 0.25) is 0 Å². The van der Waals surface area contributed by atoms with Crippen molar-refractivity contribution in [1.82, 2.24) is 0 Å². The Morgan fingerprint density at radius 3 is 2.42 bits per heavy atom. The van der Waals surface area contributed by atoms with Crippen LogP contribution in [0.4, 0.5) is 5.69 Å². The van der Waals surface area contributed by atoms with Gasteiger partial charge >= 0.3 is 0 Å². The van der Waals surface area contributed by atoms with E-state index in [-0.39, 0.29) is 0 Å². The third-order valence-corrected chi connectivity index (χ3v) is 3.27. The summed E-state index contributed by atoms with van der Waals surface area (Å²) in [5.41, 5.74) is 0.653. The second-order valence-electron chi connectivity index (χ2n) is 4.40. The number of hydrogen-bond acceptors (Lipinski definition) is 6. The minimum atomic E-state index is -1.27. The maximum Gasteiger partial charge on any atom is 0.157 e. The number of rotatable bonds is 4. The first-order chi connectivity index (χ1) is 9.02. The zero-order chi connectivity index (χ0) is 14.0. The first-order valence-corrected chi connectivity index (χ1v) is 6.23. The highest BCUT2D eigenvalue weighted by Crippen LogP contribution is 2.25. The van der Waals surface area contributed by atoms with Crippen molar-refractivity contribution in [2.45, 2.75) is 30.6 Å². The lowest BCUT2D eigenvalue weighted by molar-refractivity contribution is -0.0774. The summed E-state index contributed by atoms with van der Waals surface area (Å²) >= 11 is 5.75. The molecule has 7 heteroatoms. The first kappa shape index (κ1) is 14.5. The summed E-state index contributed by atoms with van der Waals surface area (Å²) < 4.78 is 5.32. The van der Waals surface area contributed by atoms with Crippen molar-refractivity contribution in [2.75, 3.05) is 11.9 Å². The third kappa shape index (κ3) is 3.17. The molecule has 0 saturated carbocycles. The van der Waals surface area contributed by atoms with Crippen molar-refractivity contribution in [3.8, 4) is 0 Å². The number of ether oxygens (including phenoxy) is 1. The maximum atomic E-state index is 9.83. The van der Waals surface area contributed by atoms with Crippen LogP contribution in [0.2, 0.25) is 5.02 Å². The molecule has 1 aromatic rings. The number of aliphatic hydroxyl groups excluding tert-OH is 4. The average molecular weight is 290 g/mol. The molecule has 5 N–H and O–H groups in total. The summed E-state index contributed by atoms with van der Waals surface area (Å²) in [6.07, 6.45) is -5.64. The Hall–Kier alpha value is -0.890. The van der Waals surface area contributed by atoms with Crippen LogP contribution in [0.1, 0.15) is 0 Å². The Bertz CT molecular complexity index is 415. The number of aliphatic hydroxyl groups is 4. The smallest absolute Gasteiger partial charge is 0.157 e. The van der Waals surface area contributed by atoms with Crippen LogP contribution in [0.25, 0.3) is 0 Å². The molecule has 5 atom stereocenters. The Kier molecular flexibility index (Phi) is 4.62. The van der Waals surface area contributed by atoms with Gasteiger partial charge in [-0.15, -0.1) is 0 Å². The fraction of sp³-hybridized carbons (Fsp3) is 0.500. The molecule has 0 spiro atoms. The van der Waals surface area contributed by atoms with Gasteiger partial charge in [0.05, 0.1) is 6.61 Å². The molecular formula is C12H16ClNO5. The highest BCUT2D eigenvalue weighted by Gasteiger charge is 2.45. The predicted molar refractivity (Wildman–Crippen MR) is 68.8 cm³/mol. The van der Waals surface area contributed by atoms with Crippen LogP contribution >= 0.6 is 11.6 Å². The number of nitrogens with one attached hydrogen (secondary N) is 1. The van der Waals surface area contributed by atoms with Crippen LogP contribution in [0, 0.1) is 0 Å². The molecular weight excluding hydrogens is 274 g/mol. The molecule has 1 saturated heterocycles. The van der Waals surface area contributed by atoms with Gasteiger partial charge in [-0.1, -0.05) is 11.6 Å². The van der Waals surface area contributed by atoms with Crippen LogP contribution in [0.3, 0.4) is 0 Å². The normalized spacial score (nSPS) is 32.3. The number of hydrogen-bond donors (Lipinski definition) is 5. The second kappa shape index (κ2) is 6.04. The standard InChI is InChI=1S/C12H16ClNO5/c13-6-1-3-7(4-2-6)14-12-10(18)9(17)11(19-12)8(16)5-15/h1-4,8-12,14-18H,5H2/t8-,9+,10+,11+,12-/m1/s1. The van der Waals surface area contributed by atoms with E-state index in [4.69, 9.17) is 21.4 Å². The van der Waals surface area contributed by atoms with E-state index in [1.807, 2.05) is 0 Å². The lowest BCUT2D eigenvalue weighted by Gasteiger charge is -2.19. The largest absolute Gasteiger partial charge is 0.394 e. The van der Waals surface area contributed by atoms with Crippen molar-refractivity contribution in [2.24, 2.45) is 0 Å². The van der Waals surface area contributed by atoms with Gasteiger partial charge in [-0.05, 0) is 24.3 Å². The summed E-state index contributed by atoms with van der Waals surface area (Å²) in [4.78, 5) is 0. The monoisotopic (exact) mass is 289 g/mol. The molecule has 106 valence electrons.